The van der Waals surface area contributed by atoms with Gasteiger partial charge in [-0.3, -0.25) is 0 Å². The van der Waals surface area contributed by atoms with E-state index in [1.165, 1.54) is 6.42 Å². The number of rotatable bonds is 3. The first-order valence-corrected chi connectivity index (χ1v) is 14.3. The van der Waals surface area contributed by atoms with E-state index in [9.17, 15) is 8.42 Å². The second-order valence-electron chi connectivity index (χ2n) is 11.9. The third-order valence-corrected chi connectivity index (χ3v) is 10.4. The van der Waals surface area contributed by atoms with Crippen molar-refractivity contribution in [3.8, 4) is 5.88 Å². The lowest BCUT2D eigenvalue weighted by Crippen LogP contribution is -2.35. The maximum absolute atomic E-state index is 13.3. The highest BCUT2D eigenvalue weighted by Crippen LogP contribution is 2.70. The number of anilines is 1. The summed E-state index contributed by atoms with van der Waals surface area (Å²) >= 11 is 0. The maximum Gasteiger partial charge on any atom is 0.264 e. The lowest BCUT2D eigenvalue weighted by Gasteiger charge is -2.39. The largest absolute Gasteiger partial charge is 0.476 e. The van der Waals surface area contributed by atoms with Crippen molar-refractivity contribution >= 4 is 16.0 Å². The van der Waals surface area contributed by atoms with Crippen LogP contribution in [0, 0.1) is 22.7 Å². The molecule has 2 fully saturated rings. The minimum atomic E-state index is -3.84. The fraction of sp³-hybridized carbons (Fsp3) is 0.630. The Labute approximate surface area is 209 Å². The molecule has 0 spiro atoms. The fourth-order valence-corrected chi connectivity index (χ4v) is 7.63. The fourth-order valence-electron chi connectivity index (χ4n) is 6.62. The Balaban J connectivity index is 1.56. The van der Waals surface area contributed by atoms with Crippen LogP contribution in [0.2, 0.25) is 0 Å². The topological polar surface area (TPSA) is 93.2 Å². The highest BCUT2D eigenvalue weighted by atomic mass is 32.2. The molecule has 2 aromatic rings. The average Bonchev–Trinajstić information content (AvgIpc) is 3.13. The molecular formula is C27H38N4O3S. The molecular weight excluding hydrogens is 460 g/mol. The molecule has 3 aliphatic rings. The van der Waals surface area contributed by atoms with E-state index >= 15 is 0 Å². The van der Waals surface area contributed by atoms with Crippen LogP contribution in [0.5, 0.6) is 5.88 Å². The summed E-state index contributed by atoms with van der Waals surface area (Å²) in [6.45, 7) is 12.5. The van der Waals surface area contributed by atoms with Gasteiger partial charge in [0.1, 0.15) is 6.61 Å². The molecule has 8 heteroatoms. The average molecular weight is 499 g/mol. The molecule has 1 aliphatic heterocycles. The first kappa shape index (κ1) is 24.5. The van der Waals surface area contributed by atoms with Gasteiger partial charge in [-0.05, 0) is 66.0 Å². The van der Waals surface area contributed by atoms with Gasteiger partial charge in [-0.15, -0.1) is 0 Å². The molecule has 0 saturated heterocycles. The molecule has 5 rings (SSSR count). The molecule has 2 N–H and O–H groups in total. The van der Waals surface area contributed by atoms with Crippen molar-refractivity contribution in [1.29, 1.82) is 0 Å². The molecule has 6 bridgehead atoms. The van der Waals surface area contributed by atoms with E-state index in [-0.39, 0.29) is 33.6 Å². The van der Waals surface area contributed by atoms with Gasteiger partial charge in [0, 0.05) is 24.6 Å². The number of aromatic nitrogens is 2. The zero-order valence-corrected chi connectivity index (χ0v) is 22.3. The predicted molar refractivity (Wildman–Crippen MR) is 137 cm³/mol. The number of hydrogen-bond donors (Lipinski definition) is 2. The summed E-state index contributed by atoms with van der Waals surface area (Å²) in [5.74, 6) is 1.90. The molecule has 1 aromatic heterocycles. The molecule has 0 radical (unpaired) electrons. The molecule has 1 aromatic carbocycles. The Hall–Kier alpha value is -2.19. The van der Waals surface area contributed by atoms with Crippen molar-refractivity contribution in [3.63, 3.8) is 0 Å². The van der Waals surface area contributed by atoms with Gasteiger partial charge in [-0.25, -0.2) is 18.1 Å². The number of nitrogens with one attached hydrogen (secondary N) is 2. The predicted octanol–water partition coefficient (Wildman–Crippen LogP) is 5.10. The van der Waals surface area contributed by atoms with Crippen LogP contribution in [0.1, 0.15) is 77.5 Å². The van der Waals surface area contributed by atoms with E-state index in [1.54, 1.807) is 18.2 Å². The first-order valence-electron chi connectivity index (χ1n) is 12.8. The highest BCUT2D eigenvalue weighted by Gasteiger charge is 2.61. The number of nitrogens with zero attached hydrogens (tertiary/aromatic N) is 2. The van der Waals surface area contributed by atoms with E-state index in [4.69, 9.17) is 9.72 Å². The van der Waals surface area contributed by atoms with Crippen LogP contribution >= 0.6 is 0 Å². The van der Waals surface area contributed by atoms with Gasteiger partial charge in [0.25, 0.3) is 10.0 Å². The van der Waals surface area contributed by atoms with E-state index in [0.717, 1.165) is 30.5 Å². The second kappa shape index (κ2) is 8.73. The van der Waals surface area contributed by atoms with Crippen LogP contribution < -0.4 is 14.8 Å². The zero-order valence-electron chi connectivity index (χ0n) is 21.5. The molecule has 4 atom stereocenters. The molecule has 0 amide bonds. The lowest BCUT2D eigenvalue weighted by molar-refractivity contribution is 0.133. The molecule has 2 saturated carbocycles. The van der Waals surface area contributed by atoms with Crippen LogP contribution in [0.25, 0.3) is 0 Å². The Morgan fingerprint density at radius 1 is 1.17 bits per heavy atom. The van der Waals surface area contributed by atoms with Crippen LogP contribution in [0.15, 0.2) is 35.2 Å². The van der Waals surface area contributed by atoms with Gasteiger partial charge in [0.15, 0.2) is 0 Å². The number of hydrogen-bond acceptors (Lipinski definition) is 6. The molecule has 2 heterocycles. The summed E-state index contributed by atoms with van der Waals surface area (Å²) in [6, 6.07) is 9.09. The Morgan fingerprint density at radius 2 is 1.97 bits per heavy atom. The zero-order chi connectivity index (χ0) is 25.0. The quantitative estimate of drug-likeness (QED) is 0.611. The van der Waals surface area contributed by atoms with Crippen molar-refractivity contribution in [2.45, 2.75) is 83.7 Å². The van der Waals surface area contributed by atoms with E-state index in [1.807, 2.05) is 12.1 Å². The van der Waals surface area contributed by atoms with E-state index in [0.29, 0.717) is 30.9 Å². The lowest BCUT2D eigenvalue weighted by atomic mass is 9.66. The summed E-state index contributed by atoms with van der Waals surface area (Å²) in [4.78, 5) is 9.47. The van der Waals surface area contributed by atoms with Gasteiger partial charge in [-0.1, -0.05) is 46.8 Å². The van der Waals surface area contributed by atoms with Crippen LogP contribution in [0.4, 0.5) is 5.95 Å². The Kier molecular flexibility index (Phi) is 6.11. The van der Waals surface area contributed by atoms with Crippen molar-refractivity contribution < 1.29 is 13.2 Å². The number of benzene rings is 1. The number of sulfonamides is 1. The minimum Gasteiger partial charge on any atom is -0.476 e. The number of fused-ring (bicyclic) bond motifs is 6. The third-order valence-electron chi connectivity index (χ3n) is 9.09. The maximum atomic E-state index is 13.3. The van der Waals surface area contributed by atoms with Gasteiger partial charge in [0.2, 0.25) is 11.8 Å². The van der Waals surface area contributed by atoms with Crippen molar-refractivity contribution in [2.24, 2.45) is 22.7 Å². The molecule has 7 nitrogen and oxygen atoms in total. The SMILES string of the molecule is CC(C)C[C@@H]1COc2cc(C3CC4CCC3(C)C4(C)C)nc(n2)NS(=O)(=O)c2cccc(c2)CN1. The van der Waals surface area contributed by atoms with Gasteiger partial charge < -0.3 is 10.1 Å². The van der Waals surface area contributed by atoms with E-state index in [2.05, 4.69) is 49.6 Å². The molecule has 190 valence electrons. The highest BCUT2D eigenvalue weighted by molar-refractivity contribution is 7.92. The second-order valence-corrected chi connectivity index (χ2v) is 13.6. The third kappa shape index (κ3) is 4.44. The standard InChI is InChI=1S/C27H38N4O3S/c1-17(2)11-20-16-34-24-14-23(22-13-19-9-10-27(22,5)26(19,3)4)29-25(30-24)31-35(32,33)21-8-6-7-18(12-21)15-28-20/h6-8,12,14,17,19-20,22,28H,9-11,13,15-16H2,1-5H3,(H,29,30,31)/t19?,20-,22?,27?/m1/s1. The van der Waals surface area contributed by atoms with Crippen molar-refractivity contribution in [3.05, 3.63) is 41.6 Å². The first-order chi connectivity index (χ1) is 16.5. The number of ether oxygens (including phenoxy) is 1. The smallest absolute Gasteiger partial charge is 0.264 e. The molecule has 2 aliphatic carbocycles. The van der Waals surface area contributed by atoms with E-state index < -0.39 is 10.0 Å². The normalized spacial score (nSPS) is 31.1. The Morgan fingerprint density at radius 3 is 2.66 bits per heavy atom. The van der Waals surface area contributed by atoms with Gasteiger partial charge >= 0.3 is 0 Å². The summed E-state index contributed by atoms with van der Waals surface area (Å²) in [5, 5.41) is 3.56. The molecule has 35 heavy (non-hydrogen) atoms. The summed E-state index contributed by atoms with van der Waals surface area (Å²) in [7, 11) is -3.84. The van der Waals surface area contributed by atoms with Crippen molar-refractivity contribution in [1.82, 2.24) is 15.3 Å². The summed E-state index contributed by atoms with van der Waals surface area (Å²) in [6.07, 6.45) is 4.40. The van der Waals surface area contributed by atoms with Crippen LogP contribution in [-0.2, 0) is 16.6 Å². The molecule has 3 unspecified atom stereocenters. The summed E-state index contributed by atoms with van der Waals surface area (Å²) < 4.78 is 35.4. The van der Waals surface area contributed by atoms with Gasteiger partial charge in [0.05, 0.1) is 10.6 Å². The minimum absolute atomic E-state index is 0.0831. The summed E-state index contributed by atoms with van der Waals surface area (Å²) in [5.41, 5.74) is 2.11. The van der Waals surface area contributed by atoms with Crippen molar-refractivity contribution in [2.75, 3.05) is 11.3 Å². The van der Waals surface area contributed by atoms with Crippen LogP contribution in [0.3, 0.4) is 0 Å². The Bertz CT molecular complexity index is 1210. The van der Waals surface area contributed by atoms with Gasteiger partial charge in [-0.2, -0.15) is 4.98 Å². The van der Waals surface area contributed by atoms with Crippen LogP contribution in [-0.4, -0.2) is 31.0 Å². The monoisotopic (exact) mass is 498 g/mol.